The average molecular weight is 402 g/mol. The van der Waals surface area contributed by atoms with E-state index in [4.69, 9.17) is 0 Å². The molecule has 1 aliphatic rings. The molecule has 5 nitrogen and oxygen atoms in total. The zero-order valence-electron chi connectivity index (χ0n) is 16.0. The van der Waals surface area contributed by atoms with Crippen molar-refractivity contribution in [1.82, 2.24) is 10.2 Å². The van der Waals surface area contributed by atoms with E-state index < -0.39 is 18.2 Å². The van der Waals surface area contributed by atoms with Gasteiger partial charge in [-0.05, 0) is 36.0 Å². The maximum absolute atomic E-state index is 12.8. The molecule has 29 heavy (non-hydrogen) atoms. The largest absolute Gasteiger partial charge is 0.395 e. The molecule has 0 aliphatic heterocycles. The third-order valence-corrected chi connectivity index (χ3v) is 5.19. The summed E-state index contributed by atoms with van der Waals surface area (Å²) in [7, 11) is 0. The van der Waals surface area contributed by atoms with Crippen molar-refractivity contribution in [2.45, 2.75) is 38.3 Å². The number of benzene rings is 2. The second-order valence-electron chi connectivity index (χ2n) is 7.05. The number of rotatable bonds is 6. The van der Waals surface area contributed by atoms with Gasteiger partial charge in [0.1, 0.15) is 0 Å². The van der Waals surface area contributed by atoms with Crippen LogP contribution in [0.2, 0.25) is 0 Å². The monoisotopic (exact) mass is 402 g/mol. The van der Waals surface area contributed by atoms with Gasteiger partial charge in [0.25, 0.3) is 6.43 Å². The third-order valence-electron chi connectivity index (χ3n) is 5.19. The lowest BCUT2D eigenvalue weighted by Gasteiger charge is -2.35. The van der Waals surface area contributed by atoms with Gasteiger partial charge >= 0.3 is 11.8 Å². The number of nitrogens with zero attached hydrogens (tertiary/aromatic N) is 1. The van der Waals surface area contributed by atoms with Crippen molar-refractivity contribution in [2.24, 2.45) is 0 Å². The maximum atomic E-state index is 12.8. The summed E-state index contributed by atoms with van der Waals surface area (Å²) in [6, 6.07) is 13.2. The van der Waals surface area contributed by atoms with Gasteiger partial charge in [0.15, 0.2) is 0 Å². The van der Waals surface area contributed by atoms with Crippen molar-refractivity contribution in [3.8, 4) is 0 Å². The van der Waals surface area contributed by atoms with Crippen LogP contribution in [0.3, 0.4) is 0 Å². The van der Waals surface area contributed by atoms with Crippen LogP contribution >= 0.6 is 0 Å². The highest BCUT2D eigenvalue weighted by molar-refractivity contribution is 6.35. The Kier molecular flexibility index (Phi) is 6.93. The Labute approximate surface area is 168 Å². The summed E-state index contributed by atoms with van der Waals surface area (Å²) in [6.45, 7) is -0.122. The third kappa shape index (κ3) is 4.98. The van der Waals surface area contributed by atoms with E-state index in [9.17, 15) is 23.5 Å². The highest BCUT2D eigenvalue weighted by atomic mass is 19.3. The first-order chi connectivity index (χ1) is 14.0. The molecule has 0 saturated heterocycles. The van der Waals surface area contributed by atoms with Crippen molar-refractivity contribution in [1.29, 1.82) is 0 Å². The summed E-state index contributed by atoms with van der Waals surface area (Å²) in [5.74, 6) is -1.48. The Morgan fingerprint density at radius 2 is 1.86 bits per heavy atom. The van der Waals surface area contributed by atoms with E-state index in [0.29, 0.717) is 5.56 Å². The predicted octanol–water partition coefficient (Wildman–Crippen LogP) is 3.14. The first kappa shape index (κ1) is 20.9. The Morgan fingerprint density at radius 3 is 2.55 bits per heavy atom. The van der Waals surface area contributed by atoms with Crippen molar-refractivity contribution in [3.05, 3.63) is 70.8 Å². The van der Waals surface area contributed by atoms with E-state index in [0.717, 1.165) is 30.4 Å². The fourth-order valence-corrected chi connectivity index (χ4v) is 3.73. The van der Waals surface area contributed by atoms with Gasteiger partial charge in [-0.15, -0.1) is 0 Å². The molecule has 0 bridgehead atoms. The van der Waals surface area contributed by atoms with Crippen molar-refractivity contribution < 1.29 is 23.5 Å². The second-order valence-corrected chi connectivity index (χ2v) is 7.05. The van der Waals surface area contributed by atoms with Gasteiger partial charge in [-0.25, -0.2) is 8.78 Å². The summed E-state index contributed by atoms with van der Waals surface area (Å²) < 4.78 is 25.2. The highest BCUT2D eigenvalue weighted by Crippen LogP contribution is 2.34. The molecule has 0 spiro atoms. The van der Waals surface area contributed by atoms with Crippen LogP contribution in [0.1, 0.15) is 47.6 Å². The zero-order valence-corrected chi connectivity index (χ0v) is 16.0. The van der Waals surface area contributed by atoms with Crippen LogP contribution < -0.4 is 5.32 Å². The van der Waals surface area contributed by atoms with Gasteiger partial charge in [-0.1, -0.05) is 48.5 Å². The fraction of sp³-hybridized carbons (Fsp3) is 0.364. The van der Waals surface area contributed by atoms with E-state index >= 15 is 0 Å². The highest BCUT2D eigenvalue weighted by Gasteiger charge is 2.32. The van der Waals surface area contributed by atoms with Gasteiger partial charge < -0.3 is 15.3 Å². The summed E-state index contributed by atoms with van der Waals surface area (Å²) in [5.41, 5.74) is 2.68. The molecule has 0 radical (unpaired) electrons. The number of hydrogen-bond donors (Lipinski definition) is 2. The van der Waals surface area contributed by atoms with Crippen molar-refractivity contribution >= 4 is 11.8 Å². The van der Waals surface area contributed by atoms with Crippen LogP contribution in [0.25, 0.3) is 0 Å². The van der Waals surface area contributed by atoms with Gasteiger partial charge in [-0.2, -0.15) is 0 Å². The van der Waals surface area contributed by atoms with E-state index in [2.05, 4.69) is 5.32 Å². The molecule has 0 saturated carbocycles. The van der Waals surface area contributed by atoms with E-state index in [-0.39, 0.29) is 31.3 Å². The minimum atomic E-state index is -2.55. The van der Waals surface area contributed by atoms with Crippen LogP contribution in [0.4, 0.5) is 8.78 Å². The zero-order chi connectivity index (χ0) is 20.8. The van der Waals surface area contributed by atoms with Gasteiger partial charge in [-0.3, -0.25) is 9.59 Å². The summed E-state index contributed by atoms with van der Waals surface area (Å²) in [4.78, 5) is 26.7. The number of halogens is 2. The molecular weight excluding hydrogens is 378 g/mol. The Morgan fingerprint density at radius 1 is 1.14 bits per heavy atom. The first-order valence-corrected chi connectivity index (χ1v) is 9.65. The van der Waals surface area contributed by atoms with Crippen LogP contribution in [-0.4, -0.2) is 35.0 Å². The Balaban J connectivity index is 1.68. The predicted molar refractivity (Wildman–Crippen MR) is 104 cm³/mol. The Bertz CT molecular complexity index is 855. The topological polar surface area (TPSA) is 69.6 Å². The van der Waals surface area contributed by atoms with E-state index in [1.165, 1.54) is 29.2 Å². The number of aliphatic hydroxyl groups is 1. The SMILES string of the molecule is O=C(NCc1ccc(C(F)F)cc1)C(=O)N(CCO)C1CCCc2ccccc21. The van der Waals surface area contributed by atoms with Crippen LogP contribution in [0.5, 0.6) is 0 Å². The molecule has 7 heteroatoms. The molecular formula is C22H24F2N2O3. The second kappa shape index (κ2) is 9.60. The molecule has 1 atom stereocenters. The molecule has 2 aromatic carbocycles. The number of carbonyl (C=O) groups is 2. The lowest BCUT2D eigenvalue weighted by Crippen LogP contribution is -2.46. The van der Waals surface area contributed by atoms with Crippen LogP contribution in [0, 0.1) is 0 Å². The standard InChI is InChI=1S/C22H24F2N2O3/c23-20(24)17-10-8-15(9-11-17)14-25-21(28)22(29)26(12-13-27)19-7-3-5-16-4-1-2-6-18(16)19/h1-2,4,6,8-11,19-20,27H,3,5,7,12-14H2,(H,25,28). The van der Waals surface area contributed by atoms with Crippen LogP contribution in [0.15, 0.2) is 48.5 Å². The normalized spacial score (nSPS) is 15.7. The number of fused-ring (bicyclic) bond motifs is 1. The number of hydrogen-bond acceptors (Lipinski definition) is 3. The average Bonchev–Trinajstić information content (AvgIpc) is 2.75. The summed E-state index contributed by atoms with van der Waals surface area (Å²) >= 11 is 0. The molecule has 2 N–H and O–H groups in total. The maximum Gasteiger partial charge on any atom is 0.312 e. The number of alkyl halides is 2. The molecule has 2 aromatic rings. The quantitative estimate of drug-likeness (QED) is 0.730. The summed E-state index contributed by atoms with van der Waals surface area (Å²) in [5, 5.41) is 12.0. The summed E-state index contributed by atoms with van der Waals surface area (Å²) in [6.07, 6.45) is 0.00000894. The van der Waals surface area contributed by atoms with Crippen LogP contribution in [-0.2, 0) is 22.6 Å². The first-order valence-electron chi connectivity index (χ1n) is 9.65. The molecule has 154 valence electrons. The number of amides is 2. The van der Waals surface area contributed by atoms with E-state index in [1.54, 1.807) is 0 Å². The number of aliphatic hydroxyl groups excluding tert-OH is 1. The van der Waals surface area contributed by atoms with Crippen molar-refractivity contribution in [2.75, 3.05) is 13.2 Å². The lowest BCUT2D eigenvalue weighted by atomic mass is 9.86. The van der Waals surface area contributed by atoms with Gasteiger partial charge in [0.05, 0.1) is 12.6 Å². The molecule has 1 unspecified atom stereocenters. The fourth-order valence-electron chi connectivity index (χ4n) is 3.73. The molecule has 0 fully saturated rings. The van der Waals surface area contributed by atoms with Gasteiger partial charge in [0, 0.05) is 18.7 Å². The molecule has 0 aromatic heterocycles. The molecule has 3 rings (SSSR count). The smallest absolute Gasteiger partial charge is 0.312 e. The minimum Gasteiger partial charge on any atom is -0.395 e. The van der Waals surface area contributed by atoms with E-state index in [1.807, 2.05) is 24.3 Å². The minimum absolute atomic E-state index is 0.0578. The number of nitrogens with one attached hydrogen (secondary N) is 1. The molecule has 0 heterocycles. The lowest BCUT2D eigenvalue weighted by molar-refractivity contribution is -0.148. The number of carbonyl (C=O) groups excluding carboxylic acids is 2. The number of aryl methyl sites for hydroxylation is 1. The van der Waals surface area contributed by atoms with Crippen molar-refractivity contribution in [3.63, 3.8) is 0 Å². The molecule has 1 aliphatic carbocycles. The molecule has 2 amide bonds. The Hall–Kier alpha value is -2.80. The van der Waals surface area contributed by atoms with Gasteiger partial charge in [0.2, 0.25) is 0 Å².